The van der Waals surface area contributed by atoms with Gasteiger partial charge in [-0.05, 0) is 105 Å². The van der Waals surface area contributed by atoms with Crippen LogP contribution in [0.25, 0.3) is 104 Å². The van der Waals surface area contributed by atoms with Gasteiger partial charge < -0.3 is 13.9 Å². The lowest BCUT2D eigenvalue weighted by Gasteiger charge is -2.26. The molecule has 0 aliphatic carbocycles. The summed E-state index contributed by atoms with van der Waals surface area (Å²) in [5, 5.41) is -0.578. The van der Waals surface area contributed by atoms with Crippen molar-refractivity contribution >= 4 is 82.4 Å². The standard InChI is InChI=1S/C62H40N2O/c1-2-14-46-40-47(25-24-41(46)12-1)42-26-33-48(34-27-42)63(50-37-30-45(31-38-50)53-19-11-20-56-57-39-32-43-13-3-4-16-52(43)62(57)65-61(53)56)49-35-28-44(29-36-49)51-15-5-8-21-58(51)64-59-22-9-6-17-54(59)55-18-7-10-23-60(55)64/h1-40H/i1D,2D,3D,4D,11D,12D,13D,14D,16D,19D,20D,24D,25D,26D,27D,30D,31D,32D,33D,34D,37D,38D,39D,40D. The molecule has 65 heavy (non-hydrogen) atoms. The van der Waals surface area contributed by atoms with E-state index in [0.29, 0.717) is 11.1 Å². The Morgan fingerprint density at radius 1 is 0.354 bits per heavy atom. The second-order valence-corrected chi connectivity index (χ2v) is 15.0. The molecule has 11 aromatic carbocycles. The van der Waals surface area contributed by atoms with Crippen LogP contribution < -0.4 is 4.90 Å². The Balaban J connectivity index is 1.08. The lowest BCUT2D eigenvalue weighted by atomic mass is 10.00. The minimum absolute atomic E-state index is 0.0684. The Labute approximate surface area is 410 Å². The molecular weight excluding hydrogens is 789 g/mol. The van der Waals surface area contributed by atoms with Crippen LogP contribution in [0, 0.1) is 0 Å². The number of para-hydroxylation sites is 4. The van der Waals surface area contributed by atoms with Crippen molar-refractivity contribution in [2.75, 3.05) is 4.90 Å². The average Bonchev–Trinajstić information content (AvgIpc) is 1.76. The average molecular weight is 853 g/mol. The molecule has 0 fully saturated rings. The summed E-state index contributed by atoms with van der Waals surface area (Å²) in [7, 11) is 0. The first-order chi connectivity index (χ1) is 42.3. The van der Waals surface area contributed by atoms with Gasteiger partial charge in [-0.2, -0.15) is 0 Å². The van der Waals surface area contributed by atoms with E-state index in [9.17, 15) is 13.7 Å². The van der Waals surface area contributed by atoms with E-state index in [4.69, 9.17) is 23.6 Å². The van der Waals surface area contributed by atoms with Crippen molar-refractivity contribution in [3.8, 4) is 39.1 Å². The molecule has 0 amide bonds. The third-order valence-corrected chi connectivity index (χ3v) is 11.3. The first kappa shape index (κ1) is 20.2. The molecule has 304 valence electrons. The number of rotatable bonds is 7. The number of nitrogens with zero attached hydrogens (tertiary/aromatic N) is 2. The van der Waals surface area contributed by atoms with Crippen LogP contribution >= 0.6 is 0 Å². The van der Waals surface area contributed by atoms with Gasteiger partial charge in [0.1, 0.15) is 11.2 Å². The van der Waals surface area contributed by atoms with Gasteiger partial charge in [0.15, 0.2) is 0 Å². The molecule has 0 bridgehead atoms. The Kier molecular flexibility index (Phi) is 4.67. The second-order valence-electron chi connectivity index (χ2n) is 15.0. The topological polar surface area (TPSA) is 21.3 Å². The molecule has 13 aromatic rings. The van der Waals surface area contributed by atoms with Crippen molar-refractivity contribution in [2.45, 2.75) is 0 Å². The molecular formula is C62H40N2O. The van der Waals surface area contributed by atoms with Crippen molar-refractivity contribution in [3.63, 3.8) is 0 Å². The number of aromatic nitrogens is 1. The summed E-state index contributed by atoms with van der Waals surface area (Å²) in [5.41, 5.74) is -1.28. The van der Waals surface area contributed by atoms with E-state index in [1.165, 1.54) is 12.1 Å². The summed E-state index contributed by atoms with van der Waals surface area (Å²) < 4.78 is 227. The van der Waals surface area contributed by atoms with Gasteiger partial charge in [-0.1, -0.05) is 175 Å². The van der Waals surface area contributed by atoms with Gasteiger partial charge in [0.25, 0.3) is 0 Å². The fourth-order valence-electron chi connectivity index (χ4n) is 8.36. The van der Waals surface area contributed by atoms with Gasteiger partial charge >= 0.3 is 0 Å². The molecule has 0 aliphatic heterocycles. The van der Waals surface area contributed by atoms with Gasteiger partial charge in [-0.25, -0.2) is 0 Å². The molecule has 3 heteroatoms. The predicted molar refractivity (Wildman–Crippen MR) is 274 cm³/mol. The fourth-order valence-corrected chi connectivity index (χ4v) is 8.36. The van der Waals surface area contributed by atoms with Crippen LogP contribution in [0.5, 0.6) is 0 Å². The monoisotopic (exact) mass is 852 g/mol. The smallest absolute Gasteiger partial charge is 0.143 e. The van der Waals surface area contributed by atoms with E-state index in [-0.39, 0.29) is 16.5 Å². The van der Waals surface area contributed by atoms with E-state index in [1.54, 1.807) is 12.1 Å². The zero-order valence-electron chi connectivity index (χ0n) is 57.5. The SMILES string of the molecule is [2H]c1c([2H])c(N(c2ccc(-c3ccccc3-n3c4ccccc4c4ccccc43)cc2)c2c([2H])c([2H])c(-c3c([2H])c([2H])c([2H])c4c3oc3c5c([2H])c([2H])c([2H])c([2H])c5c([2H])c([2H])c34)c([2H])c2[2H])c([2H])c([2H])c1-c1c([2H])c([2H])c2c([2H])c([2H])c([2H])c([2H])c2c1[2H]. The summed E-state index contributed by atoms with van der Waals surface area (Å²) in [5.74, 6) is 0. The summed E-state index contributed by atoms with van der Waals surface area (Å²) >= 11 is 0. The Morgan fingerprint density at radius 3 is 1.69 bits per heavy atom. The highest BCUT2D eigenvalue weighted by Gasteiger charge is 2.19. The van der Waals surface area contributed by atoms with Crippen molar-refractivity contribution in [3.05, 3.63) is 242 Å². The van der Waals surface area contributed by atoms with Crippen LogP contribution in [0.1, 0.15) is 32.9 Å². The number of fused-ring (bicyclic) bond motifs is 9. The summed E-state index contributed by atoms with van der Waals surface area (Å²) in [4.78, 5) is 0.955. The number of hydrogen-bond donors (Lipinski definition) is 0. The van der Waals surface area contributed by atoms with Gasteiger partial charge in [-0.15, -0.1) is 0 Å². The van der Waals surface area contributed by atoms with Crippen molar-refractivity contribution < 1.29 is 37.3 Å². The number of benzene rings is 11. The number of anilines is 3. The third kappa shape index (κ3) is 6.12. The summed E-state index contributed by atoms with van der Waals surface area (Å²) in [6.45, 7) is 0. The fraction of sp³-hybridized carbons (Fsp3) is 0. The van der Waals surface area contributed by atoms with Crippen LogP contribution in [0.4, 0.5) is 17.1 Å². The molecule has 0 N–H and O–H groups in total. The van der Waals surface area contributed by atoms with Gasteiger partial charge in [0.05, 0.1) is 49.6 Å². The van der Waals surface area contributed by atoms with Gasteiger partial charge in [0, 0.05) is 55.1 Å². The zero-order valence-corrected chi connectivity index (χ0v) is 33.5. The normalized spacial score (nSPS) is 16.9. The van der Waals surface area contributed by atoms with Crippen LogP contribution in [0.2, 0.25) is 0 Å². The highest BCUT2D eigenvalue weighted by Crippen LogP contribution is 2.42. The highest BCUT2D eigenvalue weighted by atomic mass is 16.3. The molecule has 0 spiro atoms. The molecule has 0 radical (unpaired) electrons. The van der Waals surface area contributed by atoms with Crippen LogP contribution in [-0.2, 0) is 0 Å². The molecule has 0 aliphatic rings. The summed E-state index contributed by atoms with van der Waals surface area (Å²) in [6.07, 6.45) is 0. The first-order valence-corrected chi connectivity index (χ1v) is 20.3. The molecule has 2 heterocycles. The Morgan fingerprint density at radius 2 is 0.938 bits per heavy atom. The maximum Gasteiger partial charge on any atom is 0.143 e. The Hall–Kier alpha value is -8.66. The first-order valence-electron chi connectivity index (χ1n) is 32.3. The molecule has 0 unspecified atom stereocenters. The lowest BCUT2D eigenvalue weighted by molar-refractivity contribution is 0.674. The lowest BCUT2D eigenvalue weighted by Crippen LogP contribution is -2.09. The molecule has 3 nitrogen and oxygen atoms in total. The minimum atomic E-state index is -0.942. The van der Waals surface area contributed by atoms with Crippen LogP contribution in [0.15, 0.2) is 246 Å². The molecule has 0 atom stereocenters. The van der Waals surface area contributed by atoms with E-state index < -0.39 is 211 Å². The molecule has 2 aromatic heterocycles. The zero-order chi connectivity index (χ0) is 63.7. The quantitative estimate of drug-likeness (QED) is 0.159. The van der Waals surface area contributed by atoms with Crippen molar-refractivity contribution in [1.29, 1.82) is 0 Å². The molecule has 0 saturated carbocycles. The largest absolute Gasteiger partial charge is 0.455 e. The van der Waals surface area contributed by atoms with Crippen molar-refractivity contribution in [1.82, 2.24) is 4.57 Å². The number of hydrogen-bond acceptors (Lipinski definition) is 2. The van der Waals surface area contributed by atoms with Gasteiger partial charge in [0.2, 0.25) is 0 Å². The molecule has 0 saturated heterocycles. The van der Waals surface area contributed by atoms with Gasteiger partial charge in [-0.3, -0.25) is 0 Å². The third-order valence-electron chi connectivity index (χ3n) is 11.3. The maximum atomic E-state index is 9.87. The number of furan rings is 1. The maximum absolute atomic E-state index is 9.87. The summed E-state index contributed by atoms with van der Waals surface area (Å²) in [6, 6.07) is 10.1. The minimum Gasteiger partial charge on any atom is -0.455 e. The van der Waals surface area contributed by atoms with E-state index in [2.05, 4.69) is 4.57 Å². The predicted octanol–water partition coefficient (Wildman–Crippen LogP) is 17.5. The second kappa shape index (κ2) is 15.0. The van der Waals surface area contributed by atoms with Crippen LogP contribution in [-0.4, -0.2) is 4.57 Å². The van der Waals surface area contributed by atoms with E-state index >= 15 is 0 Å². The highest BCUT2D eigenvalue weighted by molar-refractivity contribution is 6.17. The Bertz CT molecular complexity index is 5280. The van der Waals surface area contributed by atoms with E-state index in [0.717, 1.165) is 32.4 Å². The molecule has 13 rings (SSSR count). The van der Waals surface area contributed by atoms with Crippen LogP contribution in [0.3, 0.4) is 0 Å². The van der Waals surface area contributed by atoms with E-state index in [1.807, 2.05) is 72.8 Å². The van der Waals surface area contributed by atoms with Crippen molar-refractivity contribution in [2.24, 2.45) is 0 Å².